The lowest BCUT2D eigenvalue weighted by Gasteiger charge is -2.22. The second kappa shape index (κ2) is 5.24. The number of hydrogen-bond acceptors (Lipinski definition) is 5. The van der Waals surface area contributed by atoms with Gasteiger partial charge in [0.1, 0.15) is 0 Å². The lowest BCUT2D eigenvalue weighted by atomic mass is 10.0. The van der Waals surface area contributed by atoms with Crippen molar-refractivity contribution in [3.8, 4) is 0 Å². The van der Waals surface area contributed by atoms with Crippen molar-refractivity contribution in [1.29, 1.82) is 0 Å². The SMILES string of the molecule is COC1=CC(=O)O[C@]1(O)C(=O)CCc1ccccc1. The first kappa shape index (κ1) is 13.3. The number of cyclic esters (lactones) is 1. The second-order valence-electron chi connectivity index (χ2n) is 4.19. The van der Waals surface area contributed by atoms with Gasteiger partial charge in [-0.25, -0.2) is 4.79 Å². The van der Waals surface area contributed by atoms with Gasteiger partial charge in [0.15, 0.2) is 5.76 Å². The predicted octanol–water partition coefficient (Wildman–Crippen LogP) is 0.964. The molecule has 1 aliphatic rings. The summed E-state index contributed by atoms with van der Waals surface area (Å²) in [6, 6.07) is 9.37. The van der Waals surface area contributed by atoms with E-state index in [0.29, 0.717) is 6.42 Å². The monoisotopic (exact) mass is 262 g/mol. The van der Waals surface area contributed by atoms with Crippen LogP contribution in [0.3, 0.4) is 0 Å². The van der Waals surface area contributed by atoms with E-state index in [9.17, 15) is 14.7 Å². The number of ketones is 1. The van der Waals surface area contributed by atoms with Crippen LogP contribution in [0.4, 0.5) is 0 Å². The Bertz CT molecular complexity index is 520. The van der Waals surface area contributed by atoms with Gasteiger partial charge in [-0.3, -0.25) is 4.79 Å². The Morgan fingerprint density at radius 1 is 1.37 bits per heavy atom. The Morgan fingerprint density at radius 3 is 2.68 bits per heavy atom. The molecule has 1 aromatic carbocycles. The molecule has 0 spiro atoms. The molecule has 0 fully saturated rings. The van der Waals surface area contributed by atoms with Crippen molar-refractivity contribution < 1.29 is 24.2 Å². The van der Waals surface area contributed by atoms with Crippen molar-refractivity contribution in [3.63, 3.8) is 0 Å². The highest BCUT2D eigenvalue weighted by Crippen LogP contribution is 2.28. The largest absolute Gasteiger partial charge is 0.494 e. The maximum absolute atomic E-state index is 12.0. The van der Waals surface area contributed by atoms with Gasteiger partial charge in [0.25, 0.3) is 0 Å². The van der Waals surface area contributed by atoms with E-state index < -0.39 is 17.5 Å². The van der Waals surface area contributed by atoms with Crippen LogP contribution in [0.15, 0.2) is 42.2 Å². The molecule has 0 aliphatic carbocycles. The fourth-order valence-corrected chi connectivity index (χ4v) is 1.89. The van der Waals surface area contributed by atoms with E-state index in [0.717, 1.165) is 11.6 Å². The summed E-state index contributed by atoms with van der Waals surface area (Å²) in [6.45, 7) is 0. The number of ether oxygens (including phenoxy) is 2. The first-order valence-corrected chi connectivity index (χ1v) is 5.85. The molecular weight excluding hydrogens is 248 g/mol. The average molecular weight is 262 g/mol. The molecule has 1 N–H and O–H groups in total. The van der Waals surface area contributed by atoms with Gasteiger partial charge in [-0.1, -0.05) is 30.3 Å². The minimum absolute atomic E-state index is 0.0501. The smallest absolute Gasteiger partial charge is 0.337 e. The Balaban J connectivity index is 2.04. The van der Waals surface area contributed by atoms with E-state index in [4.69, 9.17) is 4.74 Å². The number of aliphatic hydroxyl groups is 1. The molecule has 0 saturated carbocycles. The number of hydrogen-bond donors (Lipinski definition) is 1. The molecule has 0 radical (unpaired) electrons. The third-order valence-electron chi connectivity index (χ3n) is 2.91. The van der Waals surface area contributed by atoms with Gasteiger partial charge >= 0.3 is 11.8 Å². The molecule has 1 atom stereocenters. The topological polar surface area (TPSA) is 72.8 Å². The number of esters is 1. The van der Waals surface area contributed by atoms with Crippen LogP contribution in [-0.2, 0) is 25.5 Å². The lowest BCUT2D eigenvalue weighted by Crippen LogP contribution is -2.42. The zero-order valence-corrected chi connectivity index (χ0v) is 10.5. The summed E-state index contributed by atoms with van der Waals surface area (Å²) in [5.74, 6) is -3.83. The van der Waals surface area contributed by atoms with Crippen molar-refractivity contribution in [2.75, 3.05) is 7.11 Å². The zero-order valence-electron chi connectivity index (χ0n) is 10.5. The molecule has 1 aliphatic heterocycles. The van der Waals surface area contributed by atoms with E-state index in [-0.39, 0.29) is 12.2 Å². The Morgan fingerprint density at radius 2 is 2.05 bits per heavy atom. The minimum atomic E-state index is -2.28. The van der Waals surface area contributed by atoms with Crippen LogP contribution in [0.1, 0.15) is 12.0 Å². The molecule has 1 heterocycles. The fraction of sp³-hybridized carbons (Fsp3) is 0.286. The Kier molecular flexibility index (Phi) is 3.66. The van der Waals surface area contributed by atoms with Crippen molar-refractivity contribution in [2.45, 2.75) is 18.6 Å². The zero-order chi connectivity index (χ0) is 13.9. The highest BCUT2D eigenvalue weighted by molar-refractivity contribution is 5.97. The van der Waals surface area contributed by atoms with Crippen LogP contribution in [0, 0.1) is 0 Å². The summed E-state index contributed by atoms with van der Waals surface area (Å²) in [7, 11) is 1.27. The van der Waals surface area contributed by atoms with Crippen LogP contribution in [0.25, 0.3) is 0 Å². The summed E-state index contributed by atoms with van der Waals surface area (Å²) in [5.41, 5.74) is 0.965. The van der Waals surface area contributed by atoms with Crippen LogP contribution in [0.5, 0.6) is 0 Å². The molecule has 0 saturated heterocycles. The second-order valence-corrected chi connectivity index (χ2v) is 4.19. The van der Waals surface area contributed by atoms with E-state index in [1.54, 1.807) is 0 Å². The average Bonchev–Trinajstić information content (AvgIpc) is 2.73. The molecular formula is C14H14O5. The molecule has 0 amide bonds. The number of aryl methyl sites for hydroxylation is 1. The van der Waals surface area contributed by atoms with E-state index in [1.807, 2.05) is 30.3 Å². The first-order chi connectivity index (χ1) is 9.06. The van der Waals surface area contributed by atoms with Crippen molar-refractivity contribution in [3.05, 3.63) is 47.7 Å². The third kappa shape index (κ3) is 2.66. The van der Waals surface area contributed by atoms with Gasteiger partial charge in [0, 0.05) is 6.42 Å². The lowest BCUT2D eigenvalue weighted by molar-refractivity contribution is -0.195. The molecule has 0 aromatic heterocycles. The van der Waals surface area contributed by atoms with Gasteiger partial charge < -0.3 is 14.6 Å². The van der Waals surface area contributed by atoms with Crippen LogP contribution in [-0.4, -0.2) is 29.8 Å². The maximum atomic E-state index is 12.0. The normalized spacial score (nSPS) is 21.8. The van der Waals surface area contributed by atoms with Gasteiger partial charge in [-0.2, -0.15) is 0 Å². The number of carbonyl (C=O) groups excluding carboxylic acids is 2. The van der Waals surface area contributed by atoms with Crippen molar-refractivity contribution in [2.24, 2.45) is 0 Å². The van der Waals surface area contributed by atoms with E-state index in [1.165, 1.54) is 7.11 Å². The maximum Gasteiger partial charge on any atom is 0.337 e. The Labute approximate surface area is 110 Å². The van der Waals surface area contributed by atoms with Gasteiger partial charge in [-0.05, 0) is 12.0 Å². The van der Waals surface area contributed by atoms with Crippen molar-refractivity contribution in [1.82, 2.24) is 0 Å². The van der Waals surface area contributed by atoms with Crippen molar-refractivity contribution >= 4 is 11.8 Å². The molecule has 0 bridgehead atoms. The van der Waals surface area contributed by atoms with Crippen LogP contribution >= 0.6 is 0 Å². The van der Waals surface area contributed by atoms with E-state index in [2.05, 4.69) is 4.74 Å². The summed E-state index contributed by atoms with van der Waals surface area (Å²) in [6.07, 6.45) is 1.48. The number of methoxy groups -OCH3 is 1. The number of carbonyl (C=O) groups is 2. The van der Waals surface area contributed by atoms with Crippen LogP contribution < -0.4 is 0 Å². The summed E-state index contributed by atoms with van der Waals surface area (Å²) in [4.78, 5) is 23.1. The van der Waals surface area contributed by atoms with Gasteiger partial charge in [0.05, 0.1) is 13.2 Å². The summed E-state index contributed by atoms with van der Waals surface area (Å²) < 4.78 is 9.47. The van der Waals surface area contributed by atoms with Crippen LogP contribution in [0.2, 0.25) is 0 Å². The fourth-order valence-electron chi connectivity index (χ4n) is 1.89. The first-order valence-electron chi connectivity index (χ1n) is 5.85. The molecule has 100 valence electrons. The number of rotatable bonds is 5. The summed E-state index contributed by atoms with van der Waals surface area (Å²) in [5, 5.41) is 10.1. The highest BCUT2D eigenvalue weighted by atomic mass is 16.7. The summed E-state index contributed by atoms with van der Waals surface area (Å²) >= 11 is 0. The molecule has 5 heteroatoms. The Hall–Kier alpha value is -2.14. The molecule has 1 aromatic rings. The quantitative estimate of drug-likeness (QED) is 0.800. The standard InChI is InChI=1S/C14H14O5/c1-18-12-9-13(16)19-14(12,17)11(15)8-7-10-5-3-2-4-6-10/h2-6,9,17H,7-8H2,1H3/t14-/m1/s1. The van der Waals surface area contributed by atoms with Gasteiger partial charge in [0.2, 0.25) is 5.78 Å². The minimum Gasteiger partial charge on any atom is -0.494 e. The van der Waals surface area contributed by atoms with E-state index >= 15 is 0 Å². The molecule has 2 rings (SSSR count). The number of benzene rings is 1. The predicted molar refractivity (Wildman–Crippen MR) is 65.9 cm³/mol. The molecule has 19 heavy (non-hydrogen) atoms. The third-order valence-corrected chi connectivity index (χ3v) is 2.91. The molecule has 5 nitrogen and oxygen atoms in total. The molecule has 0 unspecified atom stereocenters. The number of Topliss-reactive ketones (excluding diaryl/α,β-unsaturated/α-hetero) is 1. The highest BCUT2D eigenvalue weighted by Gasteiger charge is 2.49. The van der Waals surface area contributed by atoms with Gasteiger partial charge in [-0.15, -0.1) is 0 Å².